The predicted octanol–water partition coefficient (Wildman–Crippen LogP) is 2.02. The minimum absolute atomic E-state index is 0.241. The van der Waals surface area contributed by atoms with Crippen molar-refractivity contribution < 1.29 is 42.9 Å². The van der Waals surface area contributed by atoms with E-state index in [1.807, 2.05) is 0 Å². The van der Waals surface area contributed by atoms with E-state index in [2.05, 4.69) is 12.2 Å². The molecule has 0 spiro atoms. The molecular formula is C22H37NO9. The first-order valence-corrected chi connectivity index (χ1v) is 11.2. The maximum Gasteiger partial charge on any atom is 0.303 e. The van der Waals surface area contributed by atoms with E-state index >= 15 is 0 Å². The number of hydrogen-bond acceptors (Lipinski definition) is 9. The van der Waals surface area contributed by atoms with E-state index < -0.39 is 54.5 Å². The van der Waals surface area contributed by atoms with Crippen LogP contribution >= 0.6 is 0 Å². The average molecular weight is 460 g/mol. The van der Waals surface area contributed by atoms with Gasteiger partial charge >= 0.3 is 17.9 Å². The van der Waals surface area contributed by atoms with Gasteiger partial charge in [0.2, 0.25) is 5.91 Å². The molecule has 0 radical (unpaired) electrons. The molecule has 1 aliphatic heterocycles. The van der Waals surface area contributed by atoms with Crippen LogP contribution in [0.5, 0.6) is 0 Å². The third-order valence-corrected chi connectivity index (χ3v) is 4.85. The first kappa shape index (κ1) is 27.8. The summed E-state index contributed by atoms with van der Waals surface area (Å²) in [5.41, 5.74) is 0. The molecule has 0 bridgehead atoms. The number of nitrogens with one attached hydrogen (secondary N) is 1. The van der Waals surface area contributed by atoms with E-state index in [1.54, 1.807) is 0 Å². The lowest BCUT2D eigenvalue weighted by molar-refractivity contribution is -0.277. The number of ether oxygens (including phenoxy) is 5. The summed E-state index contributed by atoms with van der Waals surface area (Å²) in [5, 5.41) is 2.68. The van der Waals surface area contributed by atoms with Gasteiger partial charge in [-0.3, -0.25) is 19.2 Å². The van der Waals surface area contributed by atoms with Gasteiger partial charge in [-0.2, -0.15) is 0 Å². The van der Waals surface area contributed by atoms with Crippen LogP contribution in [0.1, 0.15) is 73.1 Å². The van der Waals surface area contributed by atoms with Crippen molar-refractivity contribution in [3.63, 3.8) is 0 Å². The molecule has 5 atom stereocenters. The lowest BCUT2D eigenvalue weighted by Gasteiger charge is -2.44. The Hall–Kier alpha value is -2.20. The molecule has 1 N–H and O–H groups in total. The zero-order chi connectivity index (χ0) is 24.1. The second kappa shape index (κ2) is 14.8. The molecule has 1 heterocycles. The summed E-state index contributed by atoms with van der Waals surface area (Å²) in [6.07, 6.45) is 2.23. The molecule has 0 unspecified atom stereocenters. The summed E-state index contributed by atoms with van der Waals surface area (Å²) < 4.78 is 27.7. The Morgan fingerprint density at radius 3 is 1.97 bits per heavy atom. The van der Waals surface area contributed by atoms with Gasteiger partial charge in [-0.1, -0.05) is 39.0 Å². The fraction of sp³-hybridized carbons (Fsp3) is 0.818. The Labute approximate surface area is 189 Å². The van der Waals surface area contributed by atoms with Crippen molar-refractivity contribution in [1.82, 2.24) is 5.32 Å². The molecule has 10 nitrogen and oxygen atoms in total. The minimum Gasteiger partial charge on any atom is -0.463 e. The van der Waals surface area contributed by atoms with Crippen LogP contribution in [-0.4, -0.2) is 67.7 Å². The molecular weight excluding hydrogens is 422 g/mol. The molecule has 32 heavy (non-hydrogen) atoms. The number of carbonyl (C=O) groups excluding carboxylic acids is 4. The maximum atomic E-state index is 11.9. The van der Waals surface area contributed by atoms with Gasteiger partial charge in [0.25, 0.3) is 0 Å². The number of amides is 1. The Bertz CT molecular complexity index is 625. The molecule has 1 saturated heterocycles. The van der Waals surface area contributed by atoms with Crippen molar-refractivity contribution in [3.8, 4) is 0 Å². The molecule has 1 rings (SSSR count). The fourth-order valence-corrected chi connectivity index (χ4v) is 3.52. The van der Waals surface area contributed by atoms with Crippen molar-refractivity contribution >= 4 is 23.8 Å². The van der Waals surface area contributed by atoms with Crippen LogP contribution in [-0.2, 0) is 42.9 Å². The van der Waals surface area contributed by atoms with E-state index in [4.69, 9.17) is 23.7 Å². The van der Waals surface area contributed by atoms with E-state index in [-0.39, 0.29) is 6.61 Å². The predicted molar refractivity (Wildman–Crippen MR) is 113 cm³/mol. The van der Waals surface area contributed by atoms with Crippen molar-refractivity contribution in [2.75, 3.05) is 13.2 Å². The highest BCUT2D eigenvalue weighted by atomic mass is 16.7. The number of rotatable bonds is 13. The van der Waals surface area contributed by atoms with E-state index in [1.165, 1.54) is 34.1 Å². The van der Waals surface area contributed by atoms with Gasteiger partial charge < -0.3 is 29.0 Å². The van der Waals surface area contributed by atoms with Crippen molar-refractivity contribution in [2.24, 2.45) is 0 Å². The Morgan fingerprint density at radius 2 is 1.41 bits per heavy atom. The highest BCUT2D eigenvalue weighted by Gasteiger charge is 2.51. The monoisotopic (exact) mass is 459 g/mol. The summed E-state index contributed by atoms with van der Waals surface area (Å²) >= 11 is 0. The second-order valence-corrected chi connectivity index (χ2v) is 7.86. The Balaban J connectivity index is 3.01. The normalized spacial score (nSPS) is 25.0. The van der Waals surface area contributed by atoms with Crippen LogP contribution in [0, 0.1) is 0 Å². The highest BCUT2D eigenvalue weighted by Crippen LogP contribution is 2.28. The fourth-order valence-electron chi connectivity index (χ4n) is 3.52. The molecule has 0 aliphatic carbocycles. The highest BCUT2D eigenvalue weighted by molar-refractivity contribution is 5.73. The quantitative estimate of drug-likeness (QED) is 0.250. The van der Waals surface area contributed by atoms with Crippen LogP contribution in [0.25, 0.3) is 0 Å². The molecule has 0 aromatic rings. The first-order chi connectivity index (χ1) is 15.1. The topological polar surface area (TPSA) is 126 Å². The second-order valence-electron chi connectivity index (χ2n) is 7.86. The number of hydrogen-bond donors (Lipinski definition) is 1. The zero-order valence-electron chi connectivity index (χ0n) is 19.7. The minimum atomic E-state index is -1.11. The molecule has 0 saturated carbocycles. The molecule has 1 amide bonds. The van der Waals surface area contributed by atoms with Gasteiger partial charge in [-0.15, -0.1) is 0 Å². The van der Waals surface area contributed by atoms with E-state index in [0.29, 0.717) is 6.61 Å². The smallest absolute Gasteiger partial charge is 0.303 e. The maximum absolute atomic E-state index is 11.9. The third kappa shape index (κ3) is 10.4. The third-order valence-electron chi connectivity index (χ3n) is 4.85. The first-order valence-electron chi connectivity index (χ1n) is 11.2. The molecule has 1 fully saturated rings. The summed E-state index contributed by atoms with van der Waals surface area (Å²) in [5.74, 6) is -2.22. The zero-order valence-corrected chi connectivity index (χ0v) is 19.7. The van der Waals surface area contributed by atoms with Gasteiger partial charge in [0.05, 0.1) is 0 Å². The summed E-state index contributed by atoms with van der Waals surface area (Å²) in [7, 11) is 0. The lowest BCUT2D eigenvalue weighted by atomic mass is 9.96. The molecule has 1 aliphatic rings. The number of esters is 3. The molecule has 0 aromatic heterocycles. The van der Waals surface area contributed by atoms with Crippen LogP contribution < -0.4 is 5.32 Å². The van der Waals surface area contributed by atoms with Gasteiger partial charge in [-0.25, -0.2) is 0 Å². The largest absolute Gasteiger partial charge is 0.463 e. The molecule has 184 valence electrons. The lowest BCUT2D eigenvalue weighted by Crippen LogP contribution is -2.66. The SMILES string of the molecule is CCCCCCCCO[C@H]1O[C@@H](COC(C)=O)[C@H](OC(C)=O)[C@@H](OC(C)=O)[C@@H]1NC(C)=O. The molecule has 10 heteroatoms. The van der Waals surface area contributed by atoms with Gasteiger partial charge in [-0.05, 0) is 6.42 Å². The van der Waals surface area contributed by atoms with Crippen LogP contribution in [0.4, 0.5) is 0 Å². The van der Waals surface area contributed by atoms with Crippen molar-refractivity contribution in [2.45, 2.75) is 104 Å². The van der Waals surface area contributed by atoms with E-state index in [9.17, 15) is 19.2 Å². The standard InChI is InChI=1S/C22H37NO9/c1-6-7-8-9-10-11-12-28-22-19(23-14(2)24)21(31-17(5)27)20(30-16(4)26)18(32-22)13-29-15(3)25/h18-22H,6-13H2,1-5H3,(H,23,24)/t18-,19-,20-,21-,22-/m0/s1. The van der Waals surface area contributed by atoms with Crippen molar-refractivity contribution in [3.05, 3.63) is 0 Å². The van der Waals surface area contributed by atoms with Crippen LogP contribution in [0.3, 0.4) is 0 Å². The number of carbonyl (C=O) groups is 4. The Kier molecular flexibility index (Phi) is 12.9. The van der Waals surface area contributed by atoms with E-state index in [0.717, 1.165) is 32.1 Å². The summed E-state index contributed by atoms with van der Waals surface area (Å²) in [6, 6.07) is -0.922. The van der Waals surface area contributed by atoms with Gasteiger partial charge in [0, 0.05) is 34.3 Å². The van der Waals surface area contributed by atoms with Crippen LogP contribution in [0.2, 0.25) is 0 Å². The van der Waals surface area contributed by atoms with Gasteiger partial charge in [0.1, 0.15) is 18.8 Å². The average Bonchev–Trinajstić information content (AvgIpc) is 2.68. The number of unbranched alkanes of at least 4 members (excludes halogenated alkanes) is 5. The van der Waals surface area contributed by atoms with Gasteiger partial charge in [0.15, 0.2) is 18.5 Å². The van der Waals surface area contributed by atoms with Crippen LogP contribution in [0.15, 0.2) is 0 Å². The van der Waals surface area contributed by atoms with Crippen molar-refractivity contribution in [1.29, 1.82) is 0 Å². The summed E-state index contributed by atoms with van der Waals surface area (Å²) in [6.45, 7) is 7.22. The Morgan fingerprint density at radius 1 is 0.812 bits per heavy atom. The summed E-state index contributed by atoms with van der Waals surface area (Å²) in [4.78, 5) is 46.7. The molecule has 0 aromatic carbocycles.